The molecule has 4 aromatic carbocycles. The van der Waals surface area contributed by atoms with Gasteiger partial charge in [0.05, 0.1) is 25.3 Å². The van der Waals surface area contributed by atoms with Gasteiger partial charge in [-0.3, -0.25) is 14.4 Å². The van der Waals surface area contributed by atoms with E-state index < -0.39 is 12.2 Å². The largest absolute Gasteiger partial charge is 0.493 e. The Morgan fingerprint density at radius 3 is 2.03 bits per heavy atom. The number of methoxy groups -OCH3 is 2. The number of nitrogen functional groups attached to an aromatic ring is 1. The van der Waals surface area contributed by atoms with Crippen molar-refractivity contribution >= 4 is 56.7 Å². The first-order valence-electron chi connectivity index (χ1n) is 24.5. The summed E-state index contributed by atoms with van der Waals surface area (Å²) < 4.78 is 27.5. The van der Waals surface area contributed by atoms with Crippen molar-refractivity contribution in [3.8, 4) is 23.0 Å². The minimum absolute atomic E-state index is 0.0849. The Morgan fingerprint density at radius 2 is 1.42 bits per heavy atom. The van der Waals surface area contributed by atoms with Crippen LogP contribution in [-0.2, 0) is 14.3 Å². The summed E-state index contributed by atoms with van der Waals surface area (Å²) in [4.78, 5) is 49.0. The lowest BCUT2D eigenvalue weighted by Crippen LogP contribution is -2.51. The van der Waals surface area contributed by atoms with E-state index in [2.05, 4.69) is 51.9 Å². The van der Waals surface area contributed by atoms with Crippen LogP contribution in [0.3, 0.4) is 0 Å². The summed E-state index contributed by atoms with van der Waals surface area (Å²) in [5.74, 6) is 3.18. The number of Topliss-reactive ketones (excluding diaryl/α,β-unsaturated/α-hetero) is 1. The van der Waals surface area contributed by atoms with E-state index in [1.165, 1.54) is 6.92 Å². The molecular weight excluding hydrogens is 909 g/mol. The van der Waals surface area contributed by atoms with Gasteiger partial charge in [-0.25, -0.2) is 4.98 Å². The molecule has 2 fully saturated rings. The Kier molecular flexibility index (Phi) is 21.9. The summed E-state index contributed by atoms with van der Waals surface area (Å²) in [6.07, 6.45) is 1.51. The number of anilines is 3. The number of ether oxygens (including phenoxy) is 5. The minimum Gasteiger partial charge on any atom is -0.493 e. The average Bonchev–Trinajstić information content (AvgIpc) is 3.92. The molecule has 3 atom stereocenters. The Hall–Kier alpha value is -6.31. The smallest absolute Gasteiger partial charge is 0.251 e. The first kappa shape index (κ1) is 55.6. The molecule has 1 aromatic heterocycles. The molecular formula is C53H74N8O10. The number of carbonyl (C=O) groups is 3. The molecule has 0 bridgehead atoms. The Balaban J connectivity index is 0.000000202. The maximum atomic E-state index is 12.5. The highest BCUT2D eigenvalue weighted by Gasteiger charge is 2.31. The Bertz CT molecular complexity index is 2490. The van der Waals surface area contributed by atoms with Crippen molar-refractivity contribution < 1.29 is 48.3 Å². The number of benzene rings is 4. The Labute approximate surface area is 417 Å². The van der Waals surface area contributed by atoms with E-state index in [9.17, 15) is 24.6 Å². The van der Waals surface area contributed by atoms with Crippen molar-refractivity contribution in [2.75, 3.05) is 89.3 Å². The zero-order valence-electron chi connectivity index (χ0n) is 42.5. The fraction of sp³-hybridized carbons (Fsp3) is 0.491. The number of hydrogen-bond donors (Lipinski definition) is 6. The molecule has 18 heteroatoms. The third kappa shape index (κ3) is 16.9. The summed E-state index contributed by atoms with van der Waals surface area (Å²) >= 11 is 0. The molecule has 7 N–H and O–H groups in total. The molecule has 7 rings (SSSR count). The normalized spacial score (nSPS) is 15.4. The fourth-order valence-corrected chi connectivity index (χ4v) is 7.73. The van der Waals surface area contributed by atoms with Gasteiger partial charge in [-0.2, -0.15) is 4.98 Å². The predicted molar refractivity (Wildman–Crippen MR) is 278 cm³/mol. The molecule has 2 aliphatic rings. The molecule has 3 heterocycles. The topological polar surface area (TPSA) is 232 Å². The number of nitrogens with one attached hydrogen (secondary N) is 3. The summed E-state index contributed by atoms with van der Waals surface area (Å²) in [5, 5.41) is 31.7. The van der Waals surface area contributed by atoms with Crippen LogP contribution in [0.5, 0.6) is 23.0 Å². The van der Waals surface area contributed by atoms with Crippen molar-refractivity contribution in [2.45, 2.75) is 97.6 Å². The van der Waals surface area contributed by atoms with E-state index in [1.807, 2.05) is 60.9 Å². The van der Waals surface area contributed by atoms with Crippen molar-refractivity contribution in [1.29, 1.82) is 0 Å². The van der Waals surface area contributed by atoms with Gasteiger partial charge in [-0.15, -0.1) is 0 Å². The number of fused-ring (bicyclic) bond motifs is 2. The van der Waals surface area contributed by atoms with Crippen LogP contribution in [0.15, 0.2) is 72.8 Å². The first-order chi connectivity index (χ1) is 34.1. The maximum Gasteiger partial charge on any atom is 0.251 e. The summed E-state index contributed by atoms with van der Waals surface area (Å²) in [6.45, 7) is 16.0. The van der Waals surface area contributed by atoms with Gasteiger partial charge in [0.15, 0.2) is 17.3 Å². The van der Waals surface area contributed by atoms with Crippen LogP contribution >= 0.6 is 0 Å². The lowest BCUT2D eigenvalue weighted by molar-refractivity contribution is -0.141. The van der Waals surface area contributed by atoms with Gasteiger partial charge in [-0.05, 0) is 61.9 Å². The third-order valence-electron chi connectivity index (χ3n) is 11.6. The molecule has 71 heavy (non-hydrogen) atoms. The van der Waals surface area contributed by atoms with Crippen LogP contribution in [0.2, 0.25) is 0 Å². The number of ketones is 1. The number of carbonyl (C=O) groups excluding carboxylic acids is 3. The van der Waals surface area contributed by atoms with Crippen molar-refractivity contribution in [1.82, 2.24) is 25.5 Å². The van der Waals surface area contributed by atoms with Gasteiger partial charge in [0.1, 0.15) is 48.8 Å². The quantitative estimate of drug-likeness (QED) is 0.0491. The van der Waals surface area contributed by atoms with E-state index in [4.69, 9.17) is 29.4 Å². The van der Waals surface area contributed by atoms with Crippen LogP contribution < -0.4 is 45.5 Å². The van der Waals surface area contributed by atoms with E-state index in [-0.39, 0.29) is 36.4 Å². The lowest BCUT2D eigenvalue weighted by atomic mass is 10.1. The molecule has 0 aliphatic carbocycles. The molecule has 2 saturated heterocycles. The second kappa shape index (κ2) is 27.9. The highest BCUT2D eigenvalue weighted by Crippen LogP contribution is 2.34. The van der Waals surface area contributed by atoms with Gasteiger partial charge < -0.3 is 65.4 Å². The number of nitrogens with two attached hydrogens (primary N) is 1. The molecule has 3 unspecified atom stereocenters. The van der Waals surface area contributed by atoms with Gasteiger partial charge in [0, 0.05) is 86.9 Å². The zero-order chi connectivity index (χ0) is 51.5. The van der Waals surface area contributed by atoms with Gasteiger partial charge in [-0.1, -0.05) is 71.0 Å². The minimum atomic E-state index is -0.670. The highest BCUT2D eigenvalue weighted by atomic mass is 16.5. The molecule has 0 spiro atoms. The number of hydrogen-bond acceptors (Lipinski definition) is 16. The molecule has 0 saturated carbocycles. The maximum absolute atomic E-state index is 12.5. The SMILES string of the molecule is CC(C)NCC(O)COc1cccc2ccccc12.CCCC(=O)Nc1ccc(OCC(O)CNC(C)C)c(C(C)=O)c1.COc1cc2nc(N3CCN(C(=O)C4CCCO4)CC3)nc(N)c2cc1OC. The molecule has 386 valence electrons. The molecule has 18 nitrogen and oxygen atoms in total. The van der Waals surface area contributed by atoms with Gasteiger partial charge in [0.2, 0.25) is 11.9 Å². The van der Waals surface area contributed by atoms with Crippen LogP contribution in [-0.4, -0.2) is 146 Å². The van der Waals surface area contributed by atoms with Crippen molar-refractivity contribution in [3.05, 3.63) is 78.4 Å². The molecule has 0 radical (unpaired) electrons. The van der Waals surface area contributed by atoms with Crippen LogP contribution in [0.4, 0.5) is 17.5 Å². The standard InChI is InChI=1S/C19H25N5O4.C18H28N2O4.C16H21NO2/c1-26-15-10-12-13(11-16(15)27-2)21-19(22-17(12)20)24-7-5-23(6-8-24)18(25)14-4-3-9-28-14;1-5-6-18(23)20-14-7-8-17(16(9-14)13(4)21)24-11-15(22)10-19-12(2)3;1-12(2)17-10-14(18)11-19-16-9-5-7-13-6-3-4-8-15(13)16/h10-11,14H,3-9H2,1-2H3,(H2,20,21,22);7-9,12,15,19,22H,5-6,10-11H2,1-4H3,(H,20,23);3-9,12,14,17-18H,10-11H2,1-2H3. The van der Waals surface area contributed by atoms with E-state index >= 15 is 0 Å². The second-order valence-electron chi connectivity index (χ2n) is 18.0. The summed E-state index contributed by atoms with van der Waals surface area (Å²) in [7, 11) is 3.16. The molecule has 2 aliphatic heterocycles. The molecule has 2 amide bonds. The fourth-order valence-electron chi connectivity index (χ4n) is 7.73. The third-order valence-corrected chi connectivity index (χ3v) is 11.6. The number of aliphatic hydroxyl groups excluding tert-OH is 2. The van der Waals surface area contributed by atoms with E-state index in [1.54, 1.807) is 44.6 Å². The lowest BCUT2D eigenvalue weighted by Gasteiger charge is -2.35. The average molecular weight is 983 g/mol. The van der Waals surface area contributed by atoms with Crippen molar-refractivity contribution in [2.24, 2.45) is 0 Å². The van der Waals surface area contributed by atoms with Crippen LogP contribution in [0.1, 0.15) is 77.6 Å². The summed E-state index contributed by atoms with van der Waals surface area (Å²) in [5.41, 5.74) is 7.82. The van der Waals surface area contributed by atoms with Crippen molar-refractivity contribution in [3.63, 3.8) is 0 Å². The van der Waals surface area contributed by atoms with Gasteiger partial charge in [0.25, 0.3) is 5.91 Å². The predicted octanol–water partition coefficient (Wildman–Crippen LogP) is 6.00. The second-order valence-corrected chi connectivity index (χ2v) is 18.0. The van der Waals surface area contributed by atoms with Gasteiger partial charge >= 0.3 is 0 Å². The summed E-state index contributed by atoms with van der Waals surface area (Å²) in [6, 6.07) is 23.2. The van der Waals surface area contributed by atoms with E-state index in [0.29, 0.717) is 116 Å². The van der Waals surface area contributed by atoms with Crippen LogP contribution in [0, 0.1) is 0 Å². The monoisotopic (exact) mass is 983 g/mol. The Morgan fingerprint density at radius 1 is 0.789 bits per heavy atom. The first-order valence-corrected chi connectivity index (χ1v) is 24.5. The number of aromatic nitrogens is 2. The number of rotatable bonds is 20. The number of nitrogens with zero attached hydrogens (tertiary/aromatic N) is 4. The number of piperazine rings is 1. The molecule has 5 aromatic rings. The zero-order valence-corrected chi connectivity index (χ0v) is 42.5. The highest BCUT2D eigenvalue weighted by molar-refractivity contribution is 5.99. The van der Waals surface area contributed by atoms with E-state index in [0.717, 1.165) is 35.8 Å². The van der Waals surface area contributed by atoms with Crippen LogP contribution in [0.25, 0.3) is 21.7 Å². The number of amides is 2. The number of aliphatic hydroxyl groups is 2.